The van der Waals surface area contributed by atoms with Gasteiger partial charge in [-0.25, -0.2) is 4.68 Å². The van der Waals surface area contributed by atoms with Crippen LogP contribution >= 0.6 is 23.2 Å². The molecule has 3 nitrogen and oxygen atoms in total. The highest BCUT2D eigenvalue weighted by atomic mass is 35.5. The molecule has 0 aliphatic rings. The molecule has 0 unspecified atom stereocenters. The second-order valence-corrected chi connectivity index (χ2v) is 5.48. The summed E-state index contributed by atoms with van der Waals surface area (Å²) >= 11 is 12.4. The predicted molar refractivity (Wildman–Crippen MR) is 77.8 cm³/mol. The molecule has 0 bridgehead atoms. The maximum absolute atomic E-state index is 9.42. The van der Waals surface area contributed by atoms with Gasteiger partial charge in [0.1, 0.15) is 5.15 Å². The molecule has 0 fully saturated rings. The summed E-state index contributed by atoms with van der Waals surface area (Å²) in [5.74, 6) is 0.215. The lowest BCUT2D eigenvalue weighted by atomic mass is 10.1. The minimum Gasteiger partial charge on any atom is -0.391 e. The van der Waals surface area contributed by atoms with E-state index in [9.17, 15) is 5.11 Å². The summed E-state index contributed by atoms with van der Waals surface area (Å²) in [7, 11) is 0. The summed E-state index contributed by atoms with van der Waals surface area (Å²) < 4.78 is 1.68. The Labute approximate surface area is 122 Å². The molecule has 1 aromatic carbocycles. The third-order valence-corrected chi connectivity index (χ3v) is 3.79. The largest absolute Gasteiger partial charge is 0.391 e. The van der Waals surface area contributed by atoms with Gasteiger partial charge < -0.3 is 5.11 Å². The molecule has 1 N–H and O–H groups in total. The zero-order valence-corrected chi connectivity index (χ0v) is 12.4. The first-order valence-electron chi connectivity index (χ1n) is 6.14. The van der Waals surface area contributed by atoms with E-state index in [1.807, 2.05) is 38.1 Å². The standard InChI is InChI=1S/C14H16Cl2N2O/c1-9(2)13-11(8-19)14(16)18(17-13)7-10-5-3-4-6-12(10)15/h3-6,9,19H,7-8H2,1-2H3. The van der Waals surface area contributed by atoms with Gasteiger partial charge in [-0.05, 0) is 17.5 Å². The zero-order chi connectivity index (χ0) is 14.0. The number of halogens is 2. The fourth-order valence-corrected chi connectivity index (χ4v) is 2.45. The van der Waals surface area contributed by atoms with Gasteiger partial charge in [0.15, 0.2) is 0 Å². The van der Waals surface area contributed by atoms with Crippen molar-refractivity contribution in [3.05, 3.63) is 51.3 Å². The van der Waals surface area contributed by atoms with E-state index in [-0.39, 0.29) is 12.5 Å². The van der Waals surface area contributed by atoms with Gasteiger partial charge in [-0.2, -0.15) is 5.10 Å². The van der Waals surface area contributed by atoms with E-state index in [1.54, 1.807) is 4.68 Å². The number of nitrogens with zero attached hydrogens (tertiary/aromatic N) is 2. The second kappa shape index (κ2) is 5.95. The summed E-state index contributed by atoms with van der Waals surface area (Å²) in [5, 5.41) is 15.1. The van der Waals surface area contributed by atoms with Crippen molar-refractivity contribution in [2.75, 3.05) is 0 Å². The number of aliphatic hydroxyl groups is 1. The average molecular weight is 299 g/mol. The van der Waals surface area contributed by atoms with Crippen molar-refractivity contribution in [2.24, 2.45) is 0 Å². The fourth-order valence-electron chi connectivity index (χ4n) is 2.00. The van der Waals surface area contributed by atoms with E-state index in [2.05, 4.69) is 5.10 Å². The smallest absolute Gasteiger partial charge is 0.133 e. The van der Waals surface area contributed by atoms with Crippen molar-refractivity contribution in [1.29, 1.82) is 0 Å². The van der Waals surface area contributed by atoms with Crippen LogP contribution in [0.3, 0.4) is 0 Å². The summed E-state index contributed by atoms with van der Waals surface area (Å²) in [4.78, 5) is 0. The highest BCUT2D eigenvalue weighted by molar-refractivity contribution is 6.31. The molecule has 0 atom stereocenters. The minimum atomic E-state index is -0.102. The van der Waals surface area contributed by atoms with Gasteiger partial charge in [0, 0.05) is 10.6 Å². The van der Waals surface area contributed by atoms with Gasteiger partial charge >= 0.3 is 0 Å². The van der Waals surface area contributed by atoms with Crippen molar-refractivity contribution in [3.8, 4) is 0 Å². The topological polar surface area (TPSA) is 38.0 Å². The molecule has 1 aromatic heterocycles. The molecule has 2 aromatic rings. The molecule has 0 saturated carbocycles. The van der Waals surface area contributed by atoms with Gasteiger partial charge in [-0.3, -0.25) is 0 Å². The minimum absolute atomic E-state index is 0.102. The number of aliphatic hydroxyl groups excluding tert-OH is 1. The van der Waals surface area contributed by atoms with Crippen LogP contribution in [0.15, 0.2) is 24.3 Å². The molecule has 0 amide bonds. The maximum Gasteiger partial charge on any atom is 0.133 e. The molecule has 102 valence electrons. The first-order valence-corrected chi connectivity index (χ1v) is 6.89. The van der Waals surface area contributed by atoms with Crippen molar-refractivity contribution < 1.29 is 5.11 Å². The van der Waals surface area contributed by atoms with E-state index < -0.39 is 0 Å². The Kier molecular flexibility index (Phi) is 4.50. The van der Waals surface area contributed by atoms with Crippen LogP contribution in [0, 0.1) is 0 Å². The number of hydrogen-bond acceptors (Lipinski definition) is 2. The van der Waals surface area contributed by atoms with Gasteiger partial charge in [-0.15, -0.1) is 0 Å². The lowest BCUT2D eigenvalue weighted by molar-refractivity contribution is 0.280. The number of rotatable bonds is 4. The molecule has 0 saturated heterocycles. The number of hydrogen-bond donors (Lipinski definition) is 1. The first kappa shape index (κ1) is 14.4. The lowest BCUT2D eigenvalue weighted by Gasteiger charge is -2.05. The van der Waals surface area contributed by atoms with E-state index in [4.69, 9.17) is 23.2 Å². The van der Waals surface area contributed by atoms with Crippen molar-refractivity contribution in [2.45, 2.75) is 32.9 Å². The highest BCUT2D eigenvalue weighted by Crippen LogP contribution is 2.27. The molecule has 2 rings (SSSR count). The molecular weight excluding hydrogens is 283 g/mol. The lowest BCUT2D eigenvalue weighted by Crippen LogP contribution is -2.03. The average Bonchev–Trinajstić information content (AvgIpc) is 2.69. The molecular formula is C14H16Cl2N2O. The van der Waals surface area contributed by atoms with Crippen LogP contribution in [0.25, 0.3) is 0 Å². The Morgan fingerprint density at radius 2 is 1.95 bits per heavy atom. The van der Waals surface area contributed by atoms with Crippen molar-refractivity contribution in [3.63, 3.8) is 0 Å². The van der Waals surface area contributed by atoms with Gasteiger partial charge in [0.25, 0.3) is 0 Å². The van der Waals surface area contributed by atoms with Crippen LogP contribution in [0.2, 0.25) is 10.2 Å². The Hall–Kier alpha value is -1.03. The van der Waals surface area contributed by atoms with Crippen molar-refractivity contribution >= 4 is 23.2 Å². The zero-order valence-electron chi connectivity index (χ0n) is 10.9. The Morgan fingerprint density at radius 3 is 2.47 bits per heavy atom. The van der Waals surface area contributed by atoms with Crippen LogP contribution in [0.5, 0.6) is 0 Å². The Balaban J connectivity index is 2.39. The summed E-state index contributed by atoms with van der Waals surface area (Å²) in [6, 6.07) is 7.59. The van der Waals surface area contributed by atoms with Crippen LogP contribution < -0.4 is 0 Å². The Morgan fingerprint density at radius 1 is 1.26 bits per heavy atom. The van der Waals surface area contributed by atoms with E-state index in [0.717, 1.165) is 11.3 Å². The van der Waals surface area contributed by atoms with Crippen LogP contribution in [-0.4, -0.2) is 14.9 Å². The third-order valence-electron chi connectivity index (χ3n) is 3.00. The summed E-state index contributed by atoms with van der Waals surface area (Å²) in [5.41, 5.74) is 2.48. The van der Waals surface area contributed by atoms with Gasteiger partial charge in [0.2, 0.25) is 0 Å². The second-order valence-electron chi connectivity index (χ2n) is 4.72. The first-order chi connectivity index (χ1) is 9.04. The van der Waals surface area contributed by atoms with Crippen LogP contribution in [-0.2, 0) is 13.2 Å². The Bertz CT molecular complexity index is 579. The van der Waals surface area contributed by atoms with Crippen molar-refractivity contribution in [1.82, 2.24) is 9.78 Å². The quantitative estimate of drug-likeness (QED) is 0.931. The fraction of sp³-hybridized carbons (Fsp3) is 0.357. The van der Waals surface area contributed by atoms with Gasteiger partial charge in [0.05, 0.1) is 18.8 Å². The number of aromatic nitrogens is 2. The monoisotopic (exact) mass is 298 g/mol. The third kappa shape index (κ3) is 2.94. The van der Waals surface area contributed by atoms with E-state index in [1.165, 1.54) is 0 Å². The molecule has 0 aliphatic heterocycles. The highest BCUT2D eigenvalue weighted by Gasteiger charge is 2.18. The summed E-state index contributed by atoms with van der Waals surface area (Å²) in [6.45, 7) is 4.45. The number of benzene rings is 1. The van der Waals surface area contributed by atoms with E-state index >= 15 is 0 Å². The van der Waals surface area contributed by atoms with Crippen LogP contribution in [0.1, 0.15) is 36.6 Å². The SMILES string of the molecule is CC(C)c1nn(Cc2ccccc2Cl)c(Cl)c1CO. The molecule has 0 radical (unpaired) electrons. The predicted octanol–water partition coefficient (Wildman–Crippen LogP) is 3.85. The normalized spacial score (nSPS) is 11.3. The molecule has 19 heavy (non-hydrogen) atoms. The molecule has 5 heteroatoms. The summed E-state index contributed by atoms with van der Waals surface area (Å²) in [6.07, 6.45) is 0. The van der Waals surface area contributed by atoms with Crippen LogP contribution in [0.4, 0.5) is 0 Å². The molecule has 0 spiro atoms. The maximum atomic E-state index is 9.42. The molecule has 1 heterocycles. The van der Waals surface area contributed by atoms with E-state index in [0.29, 0.717) is 22.3 Å². The molecule has 0 aliphatic carbocycles. The van der Waals surface area contributed by atoms with Gasteiger partial charge in [-0.1, -0.05) is 55.2 Å².